The van der Waals surface area contributed by atoms with Crippen LogP contribution in [0.15, 0.2) is 47.6 Å². The second-order valence-electron chi connectivity index (χ2n) is 5.13. The van der Waals surface area contributed by atoms with Crippen molar-refractivity contribution in [2.24, 2.45) is 5.10 Å². The Labute approximate surface area is 155 Å². The first kappa shape index (κ1) is 18.8. The van der Waals surface area contributed by atoms with Gasteiger partial charge in [0.1, 0.15) is 6.54 Å². The molecule has 0 saturated heterocycles. The van der Waals surface area contributed by atoms with Crippen molar-refractivity contribution in [2.45, 2.75) is 6.92 Å². The summed E-state index contributed by atoms with van der Waals surface area (Å²) in [4.78, 5) is 23.4. The summed E-state index contributed by atoms with van der Waals surface area (Å²) in [6.45, 7) is 1.73. The van der Waals surface area contributed by atoms with E-state index in [0.29, 0.717) is 21.3 Å². The quantitative estimate of drug-likeness (QED) is 0.548. The molecule has 2 aromatic carbocycles. The van der Waals surface area contributed by atoms with Crippen molar-refractivity contribution >= 4 is 47.0 Å². The number of hydrogen-bond donors (Lipinski definition) is 3. The normalized spacial score (nSPS) is 10.5. The smallest absolute Gasteiger partial charge is 0.319 e. The van der Waals surface area contributed by atoms with Gasteiger partial charge in [-0.25, -0.2) is 10.2 Å². The van der Waals surface area contributed by atoms with Crippen LogP contribution in [0.3, 0.4) is 0 Å². The zero-order valence-corrected chi connectivity index (χ0v) is 14.9. The first-order valence-electron chi connectivity index (χ1n) is 7.32. The van der Waals surface area contributed by atoms with Crippen molar-refractivity contribution in [1.82, 2.24) is 10.7 Å². The summed E-state index contributed by atoms with van der Waals surface area (Å²) >= 11 is 11.8. The molecule has 3 N–H and O–H groups in total. The molecule has 0 aliphatic heterocycles. The van der Waals surface area contributed by atoms with Crippen LogP contribution in [0.2, 0.25) is 10.0 Å². The van der Waals surface area contributed by atoms with Crippen molar-refractivity contribution < 1.29 is 9.59 Å². The van der Waals surface area contributed by atoms with Crippen LogP contribution in [0, 0.1) is 6.92 Å². The van der Waals surface area contributed by atoms with Crippen molar-refractivity contribution in [1.29, 1.82) is 0 Å². The molecule has 6 nitrogen and oxygen atoms in total. The Bertz CT molecular complexity index is 792. The molecule has 25 heavy (non-hydrogen) atoms. The fraction of sp³-hybridized carbons (Fsp3) is 0.118. The van der Waals surface area contributed by atoms with Crippen molar-refractivity contribution in [3.63, 3.8) is 0 Å². The van der Waals surface area contributed by atoms with E-state index in [-0.39, 0.29) is 6.54 Å². The SMILES string of the molecule is Cc1ccc(NC(=O)NCC(=O)N/N=C/c2ccc(Cl)cc2Cl)cc1. The van der Waals surface area contributed by atoms with E-state index in [0.717, 1.165) is 5.56 Å². The summed E-state index contributed by atoms with van der Waals surface area (Å²) in [6, 6.07) is 11.7. The number of carbonyl (C=O) groups excluding carboxylic acids is 2. The molecule has 8 heteroatoms. The van der Waals surface area contributed by atoms with Crippen LogP contribution >= 0.6 is 23.2 Å². The lowest BCUT2D eigenvalue weighted by Gasteiger charge is -2.07. The van der Waals surface area contributed by atoms with Gasteiger partial charge in [0, 0.05) is 16.3 Å². The molecule has 0 unspecified atom stereocenters. The summed E-state index contributed by atoms with van der Waals surface area (Å²) in [6.07, 6.45) is 1.39. The van der Waals surface area contributed by atoms with E-state index in [1.807, 2.05) is 19.1 Å². The minimum Gasteiger partial charge on any atom is -0.329 e. The maximum atomic E-state index is 11.7. The van der Waals surface area contributed by atoms with Gasteiger partial charge in [-0.3, -0.25) is 4.79 Å². The van der Waals surface area contributed by atoms with Gasteiger partial charge < -0.3 is 10.6 Å². The van der Waals surface area contributed by atoms with Crippen LogP contribution in [-0.4, -0.2) is 24.7 Å². The third-order valence-electron chi connectivity index (χ3n) is 3.07. The molecule has 2 aromatic rings. The third-order valence-corrected chi connectivity index (χ3v) is 3.64. The maximum Gasteiger partial charge on any atom is 0.319 e. The van der Waals surface area contributed by atoms with Gasteiger partial charge in [-0.05, 0) is 31.2 Å². The van der Waals surface area contributed by atoms with Gasteiger partial charge in [0.05, 0.1) is 11.2 Å². The first-order valence-corrected chi connectivity index (χ1v) is 8.08. The highest BCUT2D eigenvalue weighted by molar-refractivity contribution is 6.36. The number of halogens is 2. The molecule has 0 atom stereocenters. The summed E-state index contributed by atoms with van der Waals surface area (Å²) < 4.78 is 0. The highest BCUT2D eigenvalue weighted by atomic mass is 35.5. The lowest BCUT2D eigenvalue weighted by Crippen LogP contribution is -2.37. The van der Waals surface area contributed by atoms with Gasteiger partial charge in [0.15, 0.2) is 0 Å². The van der Waals surface area contributed by atoms with Crippen LogP contribution in [0.25, 0.3) is 0 Å². The molecule has 0 aromatic heterocycles. The Balaban J connectivity index is 1.75. The summed E-state index contributed by atoms with van der Waals surface area (Å²) in [5.41, 5.74) is 4.63. The average molecular weight is 379 g/mol. The van der Waals surface area contributed by atoms with Crippen molar-refractivity contribution in [3.8, 4) is 0 Å². The van der Waals surface area contributed by atoms with Crippen molar-refractivity contribution in [3.05, 3.63) is 63.6 Å². The van der Waals surface area contributed by atoms with E-state index in [1.54, 1.807) is 30.3 Å². The van der Waals surface area contributed by atoms with E-state index < -0.39 is 11.9 Å². The van der Waals surface area contributed by atoms with Crippen LogP contribution in [0.5, 0.6) is 0 Å². The Kier molecular flexibility index (Phi) is 6.80. The molecule has 2 rings (SSSR count). The minimum absolute atomic E-state index is 0.219. The molecule has 0 saturated carbocycles. The fourth-order valence-corrected chi connectivity index (χ4v) is 2.25. The Hall–Kier alpha value is -2.57. The van der Waals surface area contributed by atoms with Gasteiger partial charge in [-0.15, -0.1) is 0 Å². The molecule has 0 aliphatic carbocycles. The number of benzene rings is 2. The average Bonchev–Trinajstić information content (AvgIpc) is 2.57. The third kappa shape index (κ3) is 6.45. The number of hydrazone groups is 1. The second-order valence-corrected chi connectivity index (χ2v) is 5.98. The largest absolute Gasteiger partial charge is 0.329 e. The molecule has 130 valence electrons. The van der Waals surface area contributed by atoms with E-state index in [9.17, 15) is 9.59 Å². The van der Waals surface area contributed by atoms with Crippen LogP contribution in [-0.2, 0) is 4.79 Å². The summed E-state index contributed by atoms with van der Waals surface area (Å²) in [7, 11) is 0. The number of nitrogens with zero attached hydrogens (tertiary/aromatic N) is 1. The fourth-order valence-electron chi connectivity index (χ4n) is 1.79. The zero-order valence-electron chi connectivity index (χ0n) is 13.3. The van der Waals surface area contributed by atoms with Crippen LogP contribution < -0.4 is 16.1 Å². The van der Waals surface area contributed by atoms with Gasteiger partial charge >= 0.3 is 6.03 Å². The van der Waals surface area contributed by atoms with Gasteiger partial charge in [0.2, 0.25) is 0 Å². The molecule has 0 spiro atoms. The number of carbonyl (C=O) groups is 2. The molecule has 0 radical (unpaired) electrons. The highest BCUT2D eigenvalue weighted by Gasteiger charge is 2.05. The number of urea groups is 1. The highest BCUT2D eigenvalue weighted by Crippen LogP contribution is 2.19. The molecular formula is C17H16Cl2N4O2. The molecule has 0 aliphatic rings. The Morgan fingerprint density at radius 2 is 1.84 bits per heavy atom. The Morgan fingerprint density at radius 1 is 1.12 bits per heavy atom. The predicted molar refractivity (Wildman–Crippen MR) is 100 cm³/mol. The predicted octanol–water partition coefficient (Wildman–Crippen LogP) is 3.57. The minimum atomic E-state index is -0.483. The number of amides is 3. The summed E-state index contributed by atoms with van der Waals surface area (Å²) in [5.74, 6) is -0.472. The molecular weight excluding hydrogens is 363 g/mol. The monoisotopic (exact) mass is 378 g/mol. The van der Waals surface area contributed by atoms with E-state index >= 15 is 0 Å². The molecule has 0 bridgehead atoms. The van der Waals surface area contributed by atoms with Crippen molar-refractivity contribution in [2.75, 3.05) is 11.9 Å². The molecule has 0 fully saturated rings. The number of rotatable bonds is 5. The lowest BCUT2D eigenvalue weighted by atomic mass is 10.2. The zero-order chi connectivity index (χ0) is 18.2. The topological polar surface area (TPSA) is 82.6 Å². The van der Waals surface area contributed by atoms with Gasteiger partial charge in [0.25, 0.3) is 5.91 Å². The first-order chi connectivity index (χ1) is 11.9. The molecule has 0 heterocycles. The van der Waals surface area contributed by atoms with E-state index in [4.69, 9.17) is 23.2 Å². The second kappa shape index (κ2) is 9.05. The van der Waals surface area contributed by atoms with Gasteiger partial charge in [-0.1, -0.05) is 47.0 Å². The van der Waals surface area contributed by atoms with E-state index in [1.165, 1.54) is 6.21 Å². The van der Waals surface area contributed by atoms with Crippen LogP contribution in [0.1, 0.15) is 11.1 Å². The number of hydrogen-bond acceptors (Lipinski definition) is 3. The number of nitrogens with one attached hydrogen (secondary N) is 3. The Morgan fingerprint density at radius 3 is 2.52 bits per heavy atom. The lowest BCUT2D eigenvalue weighted by molar-refractivity contribution is -0.120. The maximum absolute atomic E-state index is 11.7. The number of anilines is 1. The van der Waals surface area contributed by atoms with Gasteiger partial charge in [-0.2, -0.15) is 5.10 Å². The van der Waals surface area contributed by atoms with E-state index in [2.05, 4.69) is 21.2 Å². The number of aryl methyl sites for hydroxylation is 1. The molecule has 3 amide bonds. The summed E-state index contributed by atoms with van der Waals surface area (Å²) in [5, 5.41) is 9.76. The standard InChI is InChI=1S/C17H16Cl2N4O2/c1-11-2-6-14(7-3-11)22-17(25)20-10-16(24)23-21-9-12-4-5-13(18)8-15(12)19/h2-9H,10H2,1H3,(H,23,24)(H2,20,22,25)/b21-9+. The van der Waals surface area contributed by atoms with Crippen LogP contribution in [0.4, 0.5) is 10.5 Å².